The van der Waals surface area contributed by atoms with Crippen LogP contribution in [0.5, 0.6) is 0 Å². The van der Waals surface area contributed by atoms with E-state index in [2.05, 4.69) is 194 Å². The SMILES string of the molecule is CC1C=CC(C2=CC=C(N(c3ccc(C4=CCC(C5CC=CC6=C5SC5C=CC=CC65)C=C4)cc3)c3ccc(-c4ccccc4)cc3)C(C)C2)=CC1. The van der Waals surface area contributed by atoms with Crippen molar-refractivity contribution in [1.29, 1.82) is 0 Å². The maximum atomic E-state index is 2.50. The standard InChI is InChI=1S/C50H47NS/c1-34-15-17-40(18-16-34)42-27-32-48(35(2)33-42)51(43-28-23-38(24-29-43)36-9-4-3-5-10-36)44-30-25-39(26-31-44)37-19-21-41(22-20-37)45-12-8-13-47-46-11-6-7-14-49(46)52-50(45)47/h3-11,13-15,17-21,23-32,34-35,41,45-46,49H,12,16,22,33H2,1-2H3. The average molecular weight is 694 g/mol. The van der Waals surface area contributed by atoms with Crippen LogP contribution < -0.4 is 4.90 Å². The molecular weight excluding hydrogens is 647 g/mol. The summed E-state index contributed by atoms with van der Waals surface area (Å²) in [4.78, 5) is 4.12. The summed E-state index contributed by atoms with van der Waals surface area (Å²) >= 11 is 2.12. The monoisotopic (exact) mass is 693 g/mol. The van der Waals surface area contributed by atoms with Gasteiger partial charge in [0.1, 0.15) is 0 Å². The van der Waals surface area contributed by atoms with Crippen LogP contribution in [0.25, 0.3) is 16.7 Å². The van der Waals surface area contributed by atoms with Crippen molar-refractivity contribution in [3.05, 3.63) is 197 Å². The molecule has 6 atom stereocenters. The molecule has 258 valence electrons. The fourth-order valence-electron chi connectivity index (χ4n) is 8.83. The van der Waals surface area contributed by atoms with E-state index in [4.69, 9.17) is 0 Å². The number of anilines is 2. The second-order valence-corrected chi connectivity index (χ2v) is 16.5. The normalized spacial score (nSPS) is 27.4. The summed E-state index contributed by atoms with van der Waals surface area (Å²) in [6.45, 7) is 4.68. The first-order valence-corrected chi connectivity index (χ1v) is 20.1. The van der Waals surface area contributed by atoms with E-state index in [0.717, 1.165) is 25.7 Å². The van der Waals surface area contributed by atoms with E-state index in [-0.39, 0.29) is 0 Å². The molecule has 3 aromatic carbocycles. The van der Waals surface area contributed by atoms with Crippen LogP contribution in [-0.2, 0) is 0 Å². The summed E-state index contributed by atoms with van der Waals surface area (Å²) in [7, 11) is 0. The Morgan fingerprint density at radius 1 is 0.635 bits per heavy atom. The van der Waals surface area contributed by atoms with Gasteiger partial charge in [-0.05, 0) is 112 Å². The number of fused-ring (bicyclic) bond motifs is 2. The summed E-state index contributed by atoms with van der Waals surface area (Å²) in [6, 6.07) is 29.1. The first kappa shape index (κ1) is 33.1. The van der Waals surface area contributed by atoms with Crippen molar-refractivity contribution in [2.45, 2.75) is 44.8 Å². The zero-order chi connectivity index (χ0) is 35.0. The number of rotatable bonds is 7. The molecule has 0 fully saturated rings. The summed E-state index contributed by atoms with van der Waals surface area (Å²) in [5.41, 5.74) is 13.2. The number of thioether (sulfide) groups is 1. The van der Waals surface area contributed by atoms with Crippen molar-refractivity contribution in [1.82, 2.24) is 0 Å². The highest BCUT2D eigenvalue weighted by atomic mass is 32.2. The van der Waals surface area contributed by atoms with E-state index in [1.54, 1.807) is 10.5 Å². The van der Waals surface area contributed by atoms with Crippen LogP contribution in [0.3, 0.4) is 0 Å². The van der Waals surface area contributed by atoms with Crippen molar-refractivity contribution in [3.63, 3.8) is 0 Å². The molecule has 0 saturated heterocycles. The quantitative estimate of drug-likeness (QED) is 0.242. The maximum Gasteiger partial charge on any atom is 0.0458 e. The minimum absolute atomic E-state index is 0.377. The Bertz CT molecular complexity index is 2140. The summed E-state index contributed by atoms with van der Waals surface area (Å²) in [5.74, 6) is 2.69. The Labute approximate surface area is 314 Å². The third-order valence-electron chi connectivity index (χ3n) is 11.8. The van der Waals surface area contributed by atoms with Gasteiger partial charge >= 0.3 is 0 Å². The van der Waals surface area contributed by atoms with E-state index in [9.17, 15) is 0 Å². The predicted molar refractivity (Wildman–Crippen MR) is 224 cm³/mol. The van der Waals surface area contributed by atoms with Gasteiger partial charge in [-0.2, -0.15) is 0 Å². The van der Waals surface area contributed by atoms with Crippen molar-refractivity contribution in [2.75, 3.05) is 4.90 Å². The van der Waals surface area contributed by atoms with E-state index in [0.29, 0.717) is 34.8 Å². The van der Waals surface area contributed by atoms with Crippen molar-refractivity contribution < 1.29 is 0 Å². The molecule has 0 bridgehead atoms. The molecule has 3 aromatic rings. The minimum Gasteiger partial charge on any atom is -0.314 e. The zero-order valence-electron chi connectivity index (χ0n) is 30.2. The van der Waals surface area contributed by atoms with Gasteiger partial charge in [-0.15, -0.1) is 11.8 Å². The highest BCUT2D eigenvalue weighted by Gasteiger charge is 2.38. The molecule has 0 saturated carbocycles. The molecule has 1 nitrogen and oxygen atoms in total. The van der Waals surface area contributed by atoms with Crippen LogP contribution in [-0.4, -0.2) is 5.25 Å². The Hall–Kier alpha value is -4.79. The Kier molecular flexibility index (Phi) is 9.11. The lowest BCUT2D eigenvalue weighted by Crippen LogP contribution is -2.23. The van der Waals surface area contributed by atoms with E-state index in [1.807, 2.05) is 0 Å². The number of allylic oxidation sites excluding steroid dienone is 19. The number of benzene rings is 3. The average Bonchev–Trinajstić information content (AvgIpc) is 3.59. The molecule has 6 aliphatic rings. The molecule has 5 aliphatic carbocycles. The van der Waals surface area contributed by atoms with Crippen LogP contribution in [0.2, 0.25) is 0 Å². The molecule has 9 rings (SSSR count). The molecule has 1 aliphatic heterocycles. The molecule has 0 aromatic heterocycles. The van der Waals surface area contributed by atoms with Crippen LogP contribution >= 0.6 is 11.8 Å². The van der Waals surface area contributed by atoms with Crippen molar-refractivity contribution in [3.8, 4) is 11.1 Å². The molecule has 0 amide bonds. The molecule has 1 heterocycles. The van der Waals surface area contributed by atoms with Gasteiger partial charge in [-0.25, -0.2) is 0 Å². The Balaban J connectivity index is 0.977. The Morgan fingerprint density at radius 2 is 1.35 bits per heavy atom. The van der Waals surface area contributed by atoms with Gasteiger partial charge in [-0.3, -0.25) is 0 Å². The van der Waals surface area contributed by atoms with Gasteiger partial charge in [0, 0.05) is 40.1 Å². The van der Waals surface area contributed by atoms with Crippen molar-refractivity contribution in [2.24, 2.45) is 29.6 Å². The largest absolute Gasteiger partial charge is 0.314 e. The van der Waals surface area contributed by atoms with Crippen molar-refractivity contribution >= 4 is 28.7 Å². The minimum atomic E-state index is 0.377. The first-order chi connectivity index (χ1) is 25.6. The van der Waals surface area contributed by atoms with Crippen LogP contribution in [0.1, 0.15) is 45.1 Å². The summed E-state index contributed by atoms with van der Waals surface area (Å²) < 4.78 is 0. The lowest BCUT2D eigenvalue weighted by atomic mass is 9.77. The van der Waals surface area contributed by atoms with Gasteiger partial charge in [0.25, 0.3) is 0 Å². The second kappa shape index (κ2) is 14.3. The zero-order valence-corrected chi connectivity index (χ0v) is 31.1. The molecule has 52 heavy (non-hydrogen) atoms. The van der Waals surface area contributed by atoms with Gasteiger partial charge in [0.15, 0.2) is 0 Å². The molecule has 6 unspecified atom stereocenters. The number of nitrogens with zero attached hydrogens (tertiary/aromatic N) is 1. The van der Waals surface area contributed by atoms with Gasteiger partial charge < -0.3 is 4.90 Å². The highest BCUT2D eigenvalue weighted by Crippen LogP contribution is 2.53. The lowest BCUT2D eigenvalue weighted by Gasteiger charge is -2.34. The van der Waals surface area contributed by atoms with Crippen LogP contribution in [0, 0.1) is 29.6 Å². The van der Waals surface area contributed by atoms with Gasteiger partial charge in [-0.1, -0.05) is 147 Å². The predicted octanol–water partition coefficient (Wildman–Crippen LogP) is 13.5. The second-order valence-electron chi connectivity index (χ2n) is 15.3. The van der Waals surface area contributed by atoms with E-state index >= 15 is 0 Å². The topological polar surface area (TPSA) is 3.24 Å². The fraction of sp³-hybridized carbons (Fsp3) is 0.240. The fourth-order valence-corrected chi connectivity index (χ4v) is 10.5. The molecule has 0 radical (unpaired) electrons. The highest BCUT2D eigenvalue weighted by molar-refractivity contribution is 8.04. The lowest BCUT2D eigenvalue weighted by molar-refractivity contribution is 0.468. The smallest absolute Gasteiger partial charge is 0.0458 e. The molecule has 0 N–H and O–H groups in total. The number of hydrogen-bond donors (Lipinski definition) is 0. The molecule has 0 spiro atoms. The third kappa shape index (κ3) is 6.43. The van der Waals surface area contributed by atoms with E-state index < -0.39 is 0 Å². The third-order valence-corrected chi connectivity index (χ3v) is 13.3. The molecular formula is C50H47NS. The number of hydrogen-bond acceptors (Lipinski definition) is 2. The maximum absolute atomic E-state index is 2.50. The molecule has 2 heteroatoms. The first-order valence-electron chi connectivity index (χ1n) is 19.3. The summed E-state index contributed by atoms with van der Waals surface area (Å²) in [5, 5.41) is 0.569. The van der Waals surface area contributed by atoms with Gasteiger partial charge in [0.2, 0.25) is 0 Å². The van der Waals surface area contributed by atoms with Crippen LogP contribution in [0.4, 0.5) is 11.4 Å². The Morgan fingerprint density at radius 3 is 2.06 bits per heavy atom. The van der Waals surface area contributed by atoms with Crippen LogP contribution in [0.15, 0.2) is 191 Å². The summed E-state index contributed by atoms with van der Waals surface area (Å²) in [6.07, 6.45) is 37.7. The van der Waals surface area contributed by atoms with E-state index in [1.165, 1.54) is 50.5 Å². The van der Waals surface area contributed by atoms with Gasteiger partial charge in [0.05, 0.1) is 0 Å².